The van der Waals surface area contributed by atoms with E-state index in [-0.39, 0.29) is 43.0 Å². The quantitative estimate of drug-likeness (QED) is 0.669. The maximum atomic E-state index is 13.5. The predicted octanol–water partition coefficient (Wildman–Crippen LogP) is 3.98. The average Bonchev–Trinajstić information content (AvgIpc) is 3.49. The number of benzene rings is 1. The van der Waals surface area contributed by atoms with Gasteiger partial charge in [0.05, 0.1) is 6.04 Å². The molecule has 1 N–H and O–H groups in total. The molecule has 8 heteroatoms. The van der Waals surface area contributed by atoms with E-state index in [1.54, 1.807) is 28.4 Å². The topological polar surface area (TPSA) is 61.9 Å². The third-order valence-electron chi connectivity index (χ3n) is 5.70. The standard InChI is InChI=1S/C23H28FN3O3S/c1-2-10-25-23(29)27(17-6-7-17)14-22(28)26-11-8-21-19(9-12-31-21)20(26)15-30-18-5-3-4-16(24)13-18/h3-5,9,12-13,17,20H,2,6-8,10-11,14-15H2,1H3,(H,25,29)/t20-/m0/s1. The average molecular weight is 446 g/mol. The Balaban J connectivity index is 1.48. The molecule has 0 unspecified atom stereocenters. The molecule has 1 saturated carbocycles. The number of ether oxygens (including phenoxy) is 1. The van der Waals surface area contributed by atoms with Gasteiger partial charge in [-0.25, -0.2) is 9.18 Å². The number of urea groups is 1. The van der Waals surface area contributed by atoms with Crippen LogP contribution in [0, 0.1) is 5.82 Å². The molecule has 1 aromatic carbocycles. The highest BCUT2D eigenvalue weighted by Gasteiger charge is 2.37. The largest absolute Gasteiger partial charge is 0.491 e. The monoisotopic (exact) mass is 445 g/mol. The molecular weight excluding hydrogens is 417 g/mol. The number of carbonyl (C=O) groups is 2. The number of rotatable bonds is 8. The lowest BCUT2D eigenvalue weighted by Gasteiger charge is -2.37. The number of halogens is 1. The first-order valence-electron chi connectivity index (χ1n) is 10.9. The van der Waals surface area contributed by atoms with E-state index in [1.165, 1.54) is 17.0 Å². The molecule has 2 heterocycles. The van der Waals surface area contributed by atoms with Crippen LogP contribution in [0.5, 0.6) is 5.75 Å². The van der Waals surface area contributed by atoms with E-state index in [2.05, 4.69) is 5.32 Å². The third-order valence-corrected chi connectivity index (χ3v) is 6.70. The van der Waals surface area contributed by atoms with E-state index < -0.39 is 0 Å². The Morgan fingerprint density at radius 1 is 1.32 bits per heavy atom. The van der Waals surface area contributed by atoms with Gasteiger partial charge in [0.25, 0.3) is 0 Å². The van der Waals surface area contributed by atoms with Crippen molar-refractivity contribution in [2.45, 2.75) is 44.7 Å². The van der Waals surface area contributed by atoms with Crippen LogP contribution in [0.1, 0.15) is 42.7 Å². The van der Waals surface area contributed by atoms with E-state index in [0.717, 1.165) is 31.2 Å². The smallest absolute Gasteiger partial charge is 0.318 e. The highest BCUT2D eigenvalue weighted by molar-refractivity contribution is 7.10. The van der Waals surface area contributed by atoms with Gasteiger partial charge in [-0.15, -0.1) is 11.3 Å². The Hall–Kier alpha value is -2.61. The Kier molecular flexibility index (Phi) is 6.75. The van der Waals surface area contributed by atoms with E-state index in [0.29, 0.717) is 18.8 Å². The molecule has 166 valence electrons. The second kappa shape index (κ2) is 9.68. The van der Waals surface area contributed by atoms with Crippen LogP contribution in [0.15, 0.2) is 35.7 Å². The summed E-state index contributed by atoms with van der Waals surface area (Å²) in [6.45, 7) is 3.49. The number of fused-ring (bicyclic) bond motifs is 1. The third kappa shape index (κ3) is 5.18. The predicted molar refractivity (Wildman–Crippen MR) is 118 cm³/mol. The Morgan fingerprint density at radius 3 is 2.90 bits per heavy atom. The van der Waals surface area contributed by atoms with Gasteiger partial charge in [0.1, 0.15) is 24.7 Å². The Labute approximate surface area is 186 Å². The van der Waals surface area contributed by atoms with Crippen molar-refractivity contribution in [1.29, 1.82) is 0 Å². The zero-order valence-corrected chi connectivity index (χ0v) is 18.5. The van der Waals surface area contributed by atoms with Crippen molar-refractivity contribution < 1.29 is 18.7 Å². The van der Waals surface area contributed by atoms with Gasteiger partial charge in [-0.3, -0.25) is 4.79 Å². The summed E-state index contributed by atoms with van der Waals surface area (Å²) in [6.07, 6.45) is 3.52. The highest BCUT2D eigenvalue weighted by Crippen LogP contribution is 2.34. The molecule has 0 spiro atoms. The van der Waals surface area contributed by atoms with Gasteiger partial charge in [0, 0.05) is 30.1 Å². The maximum Gasteiger partial charge on any atom is 0.318 e. The minimum atomic E-state index is -0.358. The molecule has 1 aliphatic carbocycles. The summed E-state index contributed by atoms with van der Waals surface area (Å²) in [7, 11) is 0. The molecule has 1 aromatic heterocycles. The molecule has 1 aliphatic heterocycles. The molecule has 0 bridgehead atoms. The van der Waals surface area contributed by atoms with Gasteiger partial charge in [-0.1, -0.05) is 13.0 Å². The lowest BCUT2D eigenvalue weighted by atomic mass is 10.0. The Bertz CT molecular complexity index is 930. The number of thiophene rings is 1. The first-order chi connectivity index (χ1) is 15.1. The van der Waals surface area contributed by atoms with Gasteiger partial charge in [-0.2, -0.15) is 0 Å². The Morgan fingerprint density at radius 2 is 2.16 bits per heavy atom. The summed E-state index contributed by atoms with van der Waals surface area (Å²) in [5.41, 5.74) is 1.08. The van der Waals surface area contributed by atoms with Gasteiger partial charge >= 0.3 is 6.03 Å². The summed E-state index contributed by atoms with van der Waals surface area (Å²) in [4.78, 5) is 30.6. The van der Waals surface area contributed by atoms with Crippen molar-refractivity contribution in [3.8, 4) is 5.75 Å². The molecule has 4 rings (SSSR count). The number of hydrogen-bond donors (Lipinski definition) is 1. The van der Waals surface area contributed by atoms with Crippen LogP contribution < -0.4 is 10.1 Å². The summed E-state index contributed by atoms with van der Waals surface area (Å²) in [5.74, 6) is 0.00000831. The van der Waals surface area contributed by atoms with Gasteiger partial charge in [0.15, 0.2) is 0 Å². The van der Waals surface area contributed by atoms with Crippen molar-refractivity contribution in [3.63, 3.8) is 0 Å². The summed E-state index contributed by atoms with van der Waals surface area (Å²) < 4.78 is 19.4. The summed E-state index contributed by atoms with van der Waals surface area (Å²) >= 11 is 1.68. The van der Waals surface area contributed by atoms with Crippen LogP contribution in [-0.4, -0.2) is 54.0 Å². The van der Waals surface area contributed by atoms with Crippen molar-refractivity contribution in [2.24, 2.45) is 0 Å². The number of nitrogens with zero attached hydrogens (tertiary/aromatic N) is 2. The van der Waals surface area contributed by atoms with Gasteiger partial charge < -0.3 is 19.9 Å². The molecule has 0 radical (unpaired) electrons. The van der Waals surface area contributed by atoms with Crippen LogP contribution in [0.25, 0.3) is 0 Å². The van der Waals surface area contributed by atoms with Crippen molar-refractivity contribution in [3.05, 3.63) is 52.0 Å². The van der Waals surface area contributed by atoms with Crippen LogP contribution in [-0.2, 0) is 11.2 Å². The van der Waals surface area contributed by atoms with E-state index in [1.807, 2.05) is 23.3 Å². The van der Waals surface area contributed by atoms with Crippen molar-refractivity contribution in [2.75, 3.05) is 26.2 Å². The van der Waals surface area contributed by atoms with E-state index >= 15 is 0 Å². The van der Waals surface area contributed by atoms with Gasteiger partial charge in [0.2, 0.25) is 5.91 Å². The zero-order chi connectivity index (χ0) is 21.8. The fourth-order valence-electron chi connectivity index (χ4n) is 3.93. The minimum Gasteiger partial charge on any atom is -0.491 e. The molecular formula is C23H28FN3O3S. The van der Waals surface area contributed by atoms with Crippen LogP contribution in [0.2, 0.25) is 0 Å². The number of carbonyl (C=O) groups excluding carboxylic acids is 2. The number of nitrogens with one attached hydrogen (secondary N) is 1. The fraction of sp³-hybridized carbons (Fsp3) is 0.478. The van der Waals surface area contributed by atoms with Gasteiger partial charge in [-0.05, 0) is 54.8 Å². The molecule has 3 amide bonds. The highest BCUT2D eigenvalue weighted by atomic mass is 32.1. The molecule has 2 aliphatic rings. The second-order valence-corrected chi connectivity index (χ2v) is 9.01. The molecule has 31 heavy (non-hydrogen) atoms. The first kappa shape index (κ1) is 21.6. The van der Waals surface area contributed by atoms with Crippen LogP contribution in [0.3, 0.4) is 0 Å². The maximum absolute atomic E-state index is 13.5. The first-order valence-corrected chi connectivity index (χ1v) is 11.7. The van der Waals surface area contributed by atoms with E-state index in [9.17, 15) is 14.0 Å². The lowest BCUT2D eigenvalue weighted by Crippen LogP contribution is -2.50. The van der Waals surface area contributed by atoms with Crippen LogP contribution in [0.4, 0.5) is 9.18 Å². The zero-order valence-electron chi connectivity index (χ0n) is 17.7. The van der Waals surface area contributed by atoms with E-state index in [4.69, 9.17) is 4.74 Å². The molecule has 1 fully saturated rings. The lowest BCUT2D eigenvalue weighted by molar-refractivity contribution is -0.135. The normalized spacial score (nSPS) is 17.7. The second-order valence-electron chi connectivity index (χ2n) is 8.01. The summed E-state index contributed by atoms with van der Waals surface area (Å²) in [6, 6.07) is 7.78. The van der Waals surface area contributed by atoms with Crippen molar-refractivity contribution in [1.82, 2.24) is 15.1 Å². The number of amides is 3. The number of hydrogen-bond acceptors (Lipinski definition) is 4. The molecule has 1 atom stereocenters. The fourth-order valence-corrected chi connectivity index (χ4v) is 4.86. The minimum absolute atomic E-state index is 0.0656. The molecule has 0 saturated heterocycles. The van der Waals surface area contributed by atoms with Crippen molar-refractivity contribution >= 4 is 23.3 Å². The van der Waals surface area contributed by atoms with Crippen LogP contribution >= 0.6 is 11.3 Å². The molecule has 2 aromatic rings. The SMILES string of the molecule is CCCNC(=O)N(CC(=O)N1CCc2sccc2[C@@H]1COc1cccc(F)c1)C1CC1. The summed E-state index contributed by atoms with van der Waals surface area (Å²) in [5, 5.41) is 4.92. The molecule has 6 nitrogen and oxygen atoms in total.